The van der Waals surface area contributed by atoms with Gasteiger partial charge in [0.15, 0.2) is 0 Å². The molecule has 0 heterocycles. The number of carbonyl (C=O) groups excluding carboxylic acids is 1. The van der Waals surface area contributed by atoms with E-state index in [0.29, 0.717) is 0 Å². The Morgan fingerprint density at radius 3 is 1.89 bits per heavy atom. The number of amides is 1. The quantitative estimate of drug-likeness (QED) is 0.797. The van der Waals surface area contributed by atoms with Gasteiger partial charge < -0.3 is 4.90 Å². The van der Waals surface area contributed by atoms with Gasteiger partial charge in [-0.3, -0.25) is 4.79 Å². The third kappa shape index (κ3) is 3.59. The highest BCUT2D eigenvalue weighted by molar-refractivity contribution is 5.96. The molecule has 0 spiro atoms. The number of benzene rings is 1. The van der Waals surface area contributed by atoms with E-state index >= 15 is 0 Å². The van der Waals surface area contributed by atoms with Crippen molar-refractivity contribution in [2.45, 2.75) is 66.0 Å². The normalized spacial score (nSPS) is 12.1. The van der Waals surface area contributed by atoms with Gasteiger partial charge in [-0.1, -0.05) is 39.0 Å². The summed E-state index contributed by atoms with van der Waals surface area (Å²) in [6.45, 7) is 14.7. The average Bonchev–Trinajstić information content (AvgIpc) is 2.26. The van der Waals surface area contributed by atoms with Crippen LogP contribution >= 0.6 is 0 Å². The molecule has 0 aliphatic rings. The first-order valence-corrected chi connectivity index (χ1v) is 7.08. The lowest BCUT2D eigenvalue weighted by Crippen LogP contribution is -2.42. The van der Waals surface area contributed by atoms with Gasteiger partial charge in [-0.25, -0.2) is 0 Å². The Hall–Kier alpha value is -1.31. The molecule has 0 saturated heterocycles. The molecule has 106 valence electrons. The molecule has 1 rings (SSSR count). The van der Waals surface area contributed by atoms with Crippen LogP contribution in [0.25, 0.3) is 0 Å². The third-order valence-corrected chi connectivity index (χ3v) is 3.31. The molecule has 0 aromatic heterocycles. The Balaban J connectivity index is 3.27. The van der Waals surface area contributed by atoms with Crippen molar-refractivity contribution in [2.24, 2.45) is 0 Å². The summed E-state index contributed by atoms with van der Waals surface area (Å²) in [6.07, 6.45) is 0. The van der Waals surface area contributed by atoms with E-state index in [2.05, 4.69) is 54.5 Å². The molecule has 1 aromatic carbocycles. The smallest absolute Gasteiger partial charge is 0.254 e. The van der Waals surface area contributed by atoms with E-state index in [4.69, 9.17) is 0 Å². The van der Waals surface area contributed by atoms with Crippen LogP contribution in [0.5, 0.6) is 0 Å². The Morgan fingerprint density at radius 1 is 1.00 bits per heavy atom. The topological polar surface area (TPSA) is 20.3 Å². The molecule has 2 heteroatoms. The lowest BCUT2D eigenvalue weighted by Gasteiger charge is -2.33. The molecule has 0 fully saturated rings. The highest BCUT2D eigenvalue weighted by atomic mass is 16.2. The van der Waals surface area contributed by atoms with Crippen molar-refractivity contribution in [1.29, 1.82) is 0 Å². The van der Waals surface area contributed by atoms with E-state index in [1.54, 1.807) is 0 Å². The fourth-order valence-corrected chi connectivity index (χ4v) is 2.53. The highest BCUT2D eigenvalue weighted by Crippen LogP contribution is 2.27. The van der Waals surface area contributed by atoms with Gasteiger partial charge in [0.2, 0.25) is 0 Å². The van der Waals surface area contributed by atoms with Crippen LogP contribution in [-0.4, -0.2) is 22.9 Å². The molecule has 0 N–H and O–H groups in total. The molecule has 0 unspecified atom stereocenters. The number of nitrogens with zero attached hydrogens (tertiary/aromatic N) is 1. The van der Waals surface area contributed by atoms with Crippen molar-refractivity contribution in [1.82, 2.24) is 4.90 Å². The molecular weight excluding hydrogens is 234 g/mol. The Morgan fingerprint density at radius 2 is 1.47 bits per heavy atom. The fraction of sp³-hybridized carbons (Fsp3) is 0.588. The third-order valence-electron chi connectivity index (χ3n) is 3.31. The van der Waals surface area contributed by atoms with Gasteiger partial charge in [-0.05, 0) is 44.7 Å². The average molecular weight is 261 g/mol. The summed E-state index contributed by atoms with van der Waals surface area (Å²) in [6, 6.07) is 8.38. The molecule has 19 heavy (non-hydrogen) atoms. The number of hydrogen-bond acceptors (Lipinski definition) is 1. The summed E-state index contributed by atoms with van der Waals surface area (Å²) in [7, 11) is 0. The van der Waals surface area contributed by atoms with Crippen molar-refractivity contribution in [2.75, 3.05) is 0 Å². The fourth-order valence-electron chi connectivity index (χ4n) is 2.53. The largest absolute Gasteiger partial charge is 0.334 e. The summed E-state index contributed by atoms with van der Waals surface area (Å²) < 4.78 is 0. The van der Waals surface area contributed by atoms with Gasteiger partial charge >= 0.3 is 0 Å². The highest BCUT2D eigenvalue weighted by Gasteiger charge is 2.27. The molecule has 0 bridgehead atoms. The molecule has 0 aliphatic carbocycles. The maximum Gasteiger partial charge on any atom is 0.254 e. The molecule has 0 saturated carbocycles. The molecule has 1 amide bonds. The van der Waals surface area contributed by atoms with Gasteiger partial charge in [0.25, 0.3) is 5.91 Å². The minimum Gasteiger partial charge on any atom is -0.334 e. The SMILES string of the molecule is CC(C)N(C(=O)c1ccccc1C(C)(C)C)C(C)C. The summed E-state index contributed by atoms with van der Waals surface area (Å²) in [5.41, 5.74) is 1.93. The van der Waals surface area contributed by atoms with E-state index in [9.17, 15) is 4.79 Å². The van der Waals surface area contributed by atoms with E-state index < -0.39 is 0 Å². The summed E-state index contributed by atoms with van der Waals surface area (Å²) in [4.78, 5) is 14.8. The minimum absolute atomic E-state index is 0.0219. The summed E-state index contributed by atoms with van der Waals surface area (Å²) in [5.74, 6) is 0.135. The maximum atomic E-state index is 12.8. The van der Waals surface area contributed by atoms with Crippen LogP contribution in [0.15, 0.2) is 24.3 Å². The standard InChI is InChI=1S/C17H27NO/c1-12(2)18(13(3)4)16(19)14-10-8-9-11-15(14)17(5,6)7/h8-13H,1-7H3. The van der Waals surface area contributed by atoms with Crippen LogP contribution in [0, 0.1) is 0 Å². The van der Waals surface area contributed by atoms with Gasteiger partial charge in [0.1, 0.15) is 0 Å². The van der Waals surface area contributed by atoms with Crippen molar-refractivity contribution in [3.8, 4) is 0 Å². The van der Waals surface area contributed by atoms with Gasteiger partial charge in [-0.15, -0.1) is 0 Å². The zero-order valence-corrected chi connectivity index (χ0v) is 13.3. The second-order valence-corrected chi connectivity index (χ2v) is 6.70. The molecule has 0 atom stereocenters. The molecule has 2 nitrogen and oxygen atoms in total. The van der Waals surface area contributed by atoms with E-state index in [0.717, 1.165) is 11.1 Å². The second kappa shape index (κ2) is 5.77. The van der Waals surface area contributed by atoms with E-state index in [1.165, 1.54) is 0 Å². The molecule has 0 radical (unpaired) electrons. The maximum absolute atomic E-state index is 12.8. The monoisotopic (exact) mass is 261 g/mol. The number of hydrogen-bond donors (Lipinski definition) is 0. The molecule has 0 aliphatic heterocycles. The van der Waals surface area contributed by atoms with Crippen LogP contribution < -0.4 is 0 Å². The van der Waals surface area contributed by atoms with Crippen LogP contribution in [0.3, 0.4) is 0 Å². The first kappa shape index (κ1) is 15.7. The van der Waals surface area contributed by atoms with Crippen LogP contribution in [0.2, 0.25) is 0 Å². The Labute approximate surface area is 117 Å². The predicted molar refractivity (Wildman–Crippen MR) is 81.6 cm³/mol. The first-order valence-electron chi connectivity index (χ1n) is 7.08. The zero-order chi connectivity index (χ0) is 14.8. The number of carbonyl (C=O) groups is 1. The lowest BCUT2D eigenvalue weighted by molar-refractivity contribution is 0.0641. The Kier molecular flexibility index (Phi) is 4.78. The van der Waals surface area contributed by atoms with E-state index in [-0.39, 0.29) is 23.4 Å². The van der Waals surface area contributed by atoms with Crippen LogP contribution in [0.4, 0.5) is 0 Å². The van der Waals surface area contributed by atoms with Gasteiger partial charge in [-0.2, -0.15) is 0 Å². The minimum atomic E-state index is -0.0219. The molecule has 1 aromatic rings. The predicted octanol–water partition coefficient (Wildman–Crippen LogP) is 4.24. The molecular formula is C17H27NO. The van der Waals surface area contributed by atoms with Crippen molar-refractivity contribution in [3.63, 3.8) is 0 Å². The second-order valence-electron chi connectivity index (χ2n) is 6.70. The Bertz CT molecular complexity index is 433. The van der Waals surface area contributed by atoms with Crippen molar-refractivity contribution >= 4 is 5.91 Å². The summed E-state index contributed by atoms with van der Waals surface area (Å²) >= 11 is 0. The van der Waals surface area contributed by atoms with Crippen LogP contribution in [0.1, 0.15) is 64.4 Å². The van der Waals surface area contributed by atoms with Crippen molar-refractivity contribution < 1.29 is 4.79 Å². The van der Waals surface area contributed by atoms with Gasteiger partial charge in [0.05, 0.1) is 0 Å². The van der Waals surface area contributed by atoms with Gasteiger partial charge in [0, 0.05) is 17.6 Å². The van der Waals surface area contributed by atoms with Crippen LogP contribution in [-0.2, 0) is 5.41 Å². The van der Waals surface area contributed by atoms with E-state index in [1.807, 2.05) is 23.1 Å². The summed E-state index contributed by atoms with van der Waals surface area (Å²) in [5, 5.41) is 0. The zero-order valence-electron chi connectivity index (χ0n) is 13.3. The number of rotatable bonds is 3. The van der Waals surface area contributed by atoms with Crippen molar-refractivity contribution in [3.05, 3.63) is 35.4 Å². The first-order chi connectivity index (χ1) is 8.66. The lowest BCUT2D eigenvalue weighted by atomic mass is 9.83.